The molecule has 0 amide bonds. The lowest BCUT2D eigenvalue weighted by atomic mass is 10.1. The number of hydrogen-bond donors (Lipinski definition) is 1. The van der Waals surface area contributed by atoms with Gasteiger partial charge in [0.15, 0.2) is 0 Å². The Morgan fingerprint density at radius 1 is 1.38 bits per heavy atom. The van der Waals surface area contributed by atoms with Crippen molar-refractivity contribution in [1.29, 1.82) is 0 Å². The lowest BCUT2D eigenvalue weighted by molar-refractivity contribution is 0.544. The molecule has 4 heteroatoms. The Balaban J connectivity index is 2.43. The Morgan fingerprint density at radius 3 is 2.62 bits per heavy atom. The molecule has 90 valence electrons. The molecule has 0 fully saturated rings. The van der Waals surface area contributed by atoms with Crippen LogP contribution in [0.2, 0.25) is 0 Å². The molecule has 0 bridgehead atoms. The summed E-state index contributed by atoms with van der Waals surface area (Å²) < 4.78 is 13.8. The van der Waals surface area contributed by atoms with E-state index in [9.17, 15) is 4.39 Å². The van der Waals surface area contributed by atoms with E-state index in [0.717, 1.165) is 16.6 Å². The number of nitrogens with one attached hydrogen (secondary N) is 1. The number of hydrogen-bond acceptors (Lipinski definition) is 1. The van der Waals surface area contributed by atoms with Crippen LogP contribution < -0.4 is 5.32 Å². The fourth-order valence-corrected chi connectivity index (χ4v) is 1.92. The summed E-state index contributed by atoms with van der Waals surface area (Å²) in [4.78, 5) is 0. The molecule has 0 saturated heterocycles. The van der Waals surface area contributed by atoms with Crippen LogP contribution in [0.4, 0.5) is 4.39 Å². The predicted molar refractivity (Wildman–Crippen MR) is 70.3 cm³/mol. The molecule has 1 aromatic rings. The van der Waals surface area contributed by atoms with Crippen molar-refractivity contribution in [2.45, 2.75) is 25.8 Å². The zero-order chi connectivity index (χ0) is 12.1. The van der Waals surface area contributed by atoms with Crippen molar-refractivity contribution in [3.63, 3.8) is 0 Å². The Bertz CT molecular complexity index is 324. The summed E-state index contributed by atoms with van der Waals surface area (Å²) >= 11 is 9.36. The Morgan fingerprint density at radius 2 is 2.06 bits per heavy atom. The second-order valence-corrected chi connectivity index (χ2v) is 5.64. The molecule has 0 aromatic heterocycles. The number of alkyl halides is 1. The number of rotatable bonds is 5. The van der Waals surface area contributed by atoms with Gasteiger partial charge in [0.05, 0.1) is 0 Å². The predicted octanol–water partition coefficient (Wildman–Crippen LogP) is 3.94. The molecule has 0 aliphatic heterocycles. The van der Waals surface area contributed by atoms with Gasteiger partial charge in [0.1, 0.15) is 5.82 Å². The number of benzene rings is 1. The van der Waals surface area contributed by atoms with Gasteiger partial charge in [-0.3, -0.25) is 0 Å². The molecule has 16 heavy (non-hydrogen) atoms. The highest BCUT2D eigenvalue weighted by molar-refractivity contribution is 9.10. The van der Waals surface area contributed by atoms with Crippen molar-refractivity contribution < 1.29 is 4.39 Å². The molecule has 1 rings (SSSR count). The smallest absolute Gasteiger partial charge is 0.124 e. The van der Waals surface area contributed by atoms with Gasteiger partial charge in [0, 0.05) is 22.9 Å². The van der Waals surface area contributed by atoms with Crippen LogP contribution >= 0.6 is 27.5 Å². The highest BCUT2D eigenvalue weighted by Gasteiger charge is 2.08. The van der Waals surface area contributed by atoms with Crippen LogP contribution in [-0.2, 0) is 6.54 Å². The van der Waals surface area contributed by atoms with Crippen molar-refractivity contribution in [2.75, 3.05) is 6.54 Å². The maximum absolute atomic E-state index is 13.1. The van der Waals surface area contributed by atoms with Gasteiger partial charge in [0.25, 0.3) is 0 Å². The quantitative estimate of drug-likeness (QED) is 0.812. The van der Waals surface area contributed by atoms with Crippen LogP contribution in [0, 0.1) is 11.7 Å². The first kappa shape index (κ1) is 13.9. The molecular weight excluding hydrogens is 292 g/mol. The Labute approximate surface area is 110 Å². The third kappa shape index (κ3) is 4.81. The van der Waals surface area contributed by atoms with E-state index < -0.39 is 0 Å². The molecule has 0 radical (unpaired) electrons. The molecule has 0 aliphatic carbocycles. The van der Waals surface area contributed by atoms with Gasteiger partial charge in [-0.15, -0.1) is 11.6 Å². The summed E-state index contributed by atoms with van der Waals surface area (Å²) in [5, 5.41) is 3.33. The standard InChI is InChI=1S/C12H16BrClFN/c1-8(2)12(14)7-16-6-9-3-10(13)5-11(15)4-9/h3-5,8,12,16H,6-7H2,1-2H3. The molecule has 1 aromatic carbocycles. The minimum absolute atomic E-state index is 0.108. The fraction of sp³-hybridized carbons (Fsp3) is 0.500. The molecule has 0 aliphatic rings. The van der Waals surface area contributed by atoms with Gasteiger partial charge < -0.3 is 5.32 Å². The SMILES string of the molecule is CC(C)C(Cl)CNCc1cc(F)cc(Br)c1. The van der Waals surface area contributed by atoms with Crippen molar-refractivity contribution in [3.05, 3.63) is 34.1 Å². The van der Waals surface area contributed by atoms with Gasteiger partial charge in [0.2, 0.25) is 0 Å². The average Bonchev–Trinajstić information content (AvgIpc) is 2.15. The summed E-state index contributed by atoms with van der Waals surface area (Å²) in [6.45, 7) is 5.52. The molecule has 0 spiro atoms. The largest absolute Gasteiger partial charge is 0.311 e. The minimum Gasteiger partial charge on any atom is -0.311 e. The third-order valence-electron chi connectivity index (χ3n) is 2.31. The van der Waals surface area contributed by atoms with E-state index in [0.29, 0.717) is 12.5 Å². The Kier molecular flexibility index (Phi) is 5.73. The van der Waals surface area contributed by atoms with Gasteiger partial charge in [-0.1, -0.05) is 29.8 Å². The van der Waals surface area contributed by atoms with Gasteiger partial charge in [-0.2, -0.15) is 0 Å². The number of halogens is 3. The molecule has 1 N–H and O–H groups in total. The summed E-state index contributed by atoms with van der Waals surface area (Å²) in [6.07, 6.45) is 0. The zero-order valence-corrected chi connectivity index (χ0v) is 11.8. The first-order valence-corrected chi connectivity index (χ1v) is 6.51. The minimum atomic E-state index is -0.225. The monoisotopic (exact) mass is 307 g/mol. The van der Waals surface area contributed by atoms with Crippen molar-refractivity contribution in [3.8, 4) is 0 Å². The normalized spacial score (nSPS) is 13.1. The Hall–Kier alpha value is -0.120. The van der Waals surface area contributed by atoms with Crippen molar-refractivity contribution in [2.24, 2.45) is 5.92 Å². The van der Waals surface area contributed by atoms with Gasteiger partial charge >= 0.3 is 0 Å². The summed E-state index contributed by atoms with van der Waals surface area (Å²) in [5.74, 6) is 0.214. The van der Waals surface area contributed by atoms with Crippen molar-refractivity contribution >= 4 is 27.5 Å². The van der Waals surface area contributed by atoms with E-state index in [4.69, 9.17) is 11.6 Å². The van der Waals surface area contributed by atoms with E-state index in [2.05, 4.69) is 35.1 Å². The highest BCUT2D eigenvalue weighted by atomic mass is 79.9. The first-order chi connectivity index (χ1) is 7.49. The van der Waals surface area contributed by atoms with Crippen LogP contribution in [-0.4, -0.2) is 11.9 Å². The molecule has 1 nitrogen and oxygen atoms in total. The molecule has 1 unspecified atom stereocenters. The van der Waals surface area contributed by atoms with E-state index in [1.165, 1.54) is 12.1 Å². The fourth-order valence-electron chi connectivity index (χ4n) is 1.30. The third-order valence-corrected chi connectivity index (χ3v) is 3.43. The lowest BCUT2D eigenvalue weighted by Crippen LogP contribution is -2.26. The molecule has 0 heterocycles. The van der Waals surface area contributed by atoms with Gasteiger partial charge in [-0.05, 0) is 29.7 Å². The zero-order valence-electron chi connectivity index (χ0n) is 9.43. The van der Waals surface area contributed by atoms with Crippen LogP contribution in [0.1, 0.15) is 19.4 Å². The van der Waals surface area contributed by atoms with E-state index in [1.54, 1.807) is 0 Å². The lowest BCUT2D eigenvalue weighted by Gasteiger charge is -2.14. The highest BCUT2D eigenvalue weighted by Crippen LogP contribution is 2.15. The van der Waals surface area contributed by atoms with E-state index in [1.807, 2.05) is 6.07 Å². The summed E-state index contributed by atoms with van der Waals surface area (Å²) in [7, 11) is 0. The maximum atomic E-state index is 13.1. The molecular formula is C12H16BrClFN. The van der Waals surface area contributed by atoms with Crippen LogP contribution in [0.5, 0.6) is 0 Å². The van der Waals surface area contributed by atoms with Crippen LogP contribution in [0.3, 0.4) is 0 Å². The molecule has 0 saturated carbocycles. The van der Waals surface area contributed by atoms with E-state index >= 15 is 0 Å². The van der Waals surface area contributed by atoms with Crippen LogP contribution in [0.25, 0.3) is 0 Å². The van der Waals surface area contributed by atoms with Crippen LogP contribution in [0.15, 0.2) is 22.7 Å². The average molecular weight is 309 g/mol. The summed E-state index contributed by atoms with van der Waals surface area (Å²) in [6, 6.07) is 4.87. The second-order valence-electron chi connectivity index (χ2n) is 4.17. The molecule has 1 atom stereocenters. The summed E-state index contributed by atoms with van der Waals surface area (Å²) in [5.41, 5.74) is 0.916. The van der Waals surface area contributed by atoms with Crippen molar-refractivity contribution in [1.82, 2.24) is 5.32 Å². The van der Waals surface area contributed by atoms with Gasteiger partial charge in [-0.25, -0.2) is 4.39 Å². The second kappa shape index (κ2) is 6.58. The first-order valence-electron chi connectivity index (χ1n) is 5.29. The van der Waals surface area contributed by atoms with E-state index in [-0.39, 0.29) is 11.2 Å². The maximum Gasteiger partial charge on any atom is 0.124 e. The topological polar surface area (TPSA) is 12.0 Å².